The van der Waals surface area contributed by atoms with Gasteiger partial charge in [0.15, 0.2) is 6.10 Å². The highest BCUT2D eigenvalue weighted by atomic mass is 35.5. The molecule has 0 spiro atoms. The number of ether oxygens (including phenoxy) is 1. The van der Waals surface area contributed by atoms with Gasteiger partial charge in [-0.25, -0.2) is 21.1 Å². The molecule has 1 aromatic rings. The van der Waals surface area contributed by atoms with E-state index in [9.17, 15) is 30.0 Å². The summed E-state index contributed by atoms with van der Waals surface area (Å²) in [5.41, 5.74) is 0.343. The van der Waals surface area contributed by atoms with E-state index >= 15 is 0 Å². The van der Waals surface area contributed by atoms with Crippen molar-refractivity contribution < 1.29 is 34.7 Å². The monoisotopic (exact) mass is 535 g/mol. The lowest BCUT2D eigenvalue weighted by atomic mass is 10.2. The van der Waals surface area contributed by atoms with Crippen LogP contribution in [0.5, 0.6) is 0 Å². The minimum absolute atomic E-state index is 0.0450. The summed E-state index contributed by atoms with van der Waals surface area (Å²) in [7, 11) is -7.56. The second-order valence-corrected chi connectivity index (χ2v) is 12.0. The molecular formula is C19H29ClF3N3O5S2. The zero-order valence-corrected chi connectivity index (χ0v) is 21.0. The van der Waals surface area contributed by atoms with Crippen molar-refractivity contribution in [1.82, 2.24) is 8.61 Å². The number of sulfonamides is 2. The smallest absolute Gasteiger partial charge is 0.383 e. The van der Waals surface area contributed by atoms with Gasteiger partial charge in [0.05, 0.1) is 27.5 Å². The fourth-order valence-electron chi connectivity index (χ4n) is 3.50. The molecule has 1 saturated heterocycles. The van der Waals surface area contributed by atoms with Crippen molar-refractivity contribution in [2.24, 2.45) is 0 Å². The van der Waals surface area contributed by atoms with Gasteiger partial charge >= 0.3 is 6.18 Å². The number of anilines is 1. The molecule has 14 heteroatoms. The largest absolute Gasteiger partial charge is 0.414 e. The summed E-state index contributed by atoms with van der Waals surface area (Å²) in [4.78, 5) is -0.175. The van der Waals surface area contributed by atoms with Crippen LogP contribution in [-0.2, 0) is 24.8 Å². The van der Waals surface area contributed by atoms with Crippen LogP contribution >= 0.6 is 11.6 Å². The van der Waals surface area contributed by atoms with Crippen LogP contribution in [0, 0.1) is 0 Å². The number of hydrogen-bond donors (Lipinski definition) is 1. The molecule has 0 saturated carbocycles. The summed E-state index contributed by atoms with van der Waals surface area (Å²) in [6.45, 7) is 5.07. The average Bonchev–Trinajstić information content (AvgIpc) is 2.92. The lowest BCUT2D eigenvalue weighted by molar-refractivity contribution is -0.228. The maximum atomic E-state index is 13.0. The zero-order valence-electron chi connectivity index (χ0n) is 18.6. The molecule has 2 atom stereocenters. The first-order valence-corrected chi connectivity index (χ1v) is 13.9. The molecule has 33 heavy (non-hydrogen) atoms. The van der Waals surface area contributed by atoms with E-state index in [-0.39, 0.29) is 35.3 Å². The van der Waals surface area contributed by atoms with Crippen molar-refractivity contribution in [3.05, 3.63) is 23.2 Å². The lowest BCUT2D eigenvalue weighted by Gasteiger charge is -2.22. The highest BCUT2D eigenvalue weighted by Crippen LogP contribution is 2.31. The molecule has 0 aromatic heterocycles. The van der Waals surface area contributed by atoms with E-state index < -0.39 is 44.9 Å². The predicted molar refractivity (Wildman–Crippen MR) is 120 cm³/mol. The Kier molecular flexibility index (Phi) is 9.44. The topological polar surface area (TPSA) is 96.0 Å². The number of halogens is 4. The van der Waals surface area contributed by atoms with E-state index in [1.807, 2.05) is 0 Å². The fraction of sp³-hybridized carbons (Fsp3) is 0.684. The number of hydrogen-bond acceptors (Lipinski definition) is 6. The van der Waals surface area contributed by atoms with Crippen molar-refractivity contribution in [3.63, 3.8) is 0 Å². The second kappa shape index (κ2) is 11.1. The molecular weight excluding hydrogens is 507 g/mol. The van der Waals surface area contributed by atoms with Gasteiger partial charge in [0.1, 0.15) is 0 Å². The Morgan fingerprint density at radius 1 is 1.21 bits per heavy atom. The minimum atomic E-state index is -4.58. The van der Waals surface area contributed by atoms with Gasteiger partial charge in [0, 0.05) is 32.7 Å². The normalized spacial score (nSPS) is 21.2. The number of nitrogens with one attached hydrogen (secondary N) is 1. The molecule has 1 aliphatic heterocycles. The molecule has 0 bridgehead atoms. The van der Waals surface area contributed by atoms with Crippen molar-refractivity contribution >= 4 is 37.3 Å². The van der Waals surface area contributed by atoms with E-state index in [2.05, 4.69) is 5.32 Å². The van der Waals surface area contributed by atoms with Gasteiger partial charge in [-0.15, -0.1) is 0 Å². The Labute approximate surface area is 198 Å². The van der Waals surface area contributed by atoms with E-state index in [4.69, 9.17) is 16.3 Å². The molecule has 2 unspecified atom stereocenters. The van der Waals surface area contributed by atoms with E-state index in [0.29, 0.717) is 18.8 Å². The molecule has 0 amide bonds. The maximum absolute atomic E-state index is 13.0. The molecule has 1 heterocycles. The van der Waals surface area contributed by atoms with Crippen LogP contribution < -0.4 is 5.32 Å². The van der Waals surface area contributed by atoms with Crippen LogP contribution in [0.2, 0.25) is 5.02 Å². The molecule has 0 aliphatic carbocycles. The van der Waals surface area contributed by atoms with E-state index in [0.717, 1.165) is 4.31 Å². The van der Waals surface area contributed by atoms with Crippen LogP contribution in [-0.4, -0.2) is 82.3 Å². The second-order valence-electron chi connectivity index (χ2n) is 7.60. The van der Waals surface area contributed by atoms with Crippen LogP contribution in [0.1, 0.15) is 27.2 Å². The Hall–Kier alpha value is -1.12. The minimum Gasteiger partial charge on any atom is -0.383 e. The first-order chi connectivity index (χ1) is 15.2. The third-order valence-electron chi connectivity index (χ3n) is 5.22. The van der Waals surface area contributed by atoms with Crippen molar-refractivity contribution in [3.8, 4) is 0 Å². The summed E-state index contributed by atoms with van der Waals surface area (Å²) in [6.07, 6.45) is -8.07. The summed E-state index contributed by atoms with van der Waals surface area (Å²) >= 11 is 6.21. The van der Waals surface area contributed by atoms with Gasteiger partial charge < -0.3 is 10.1 Å². The number of alkyl halides is 3. The van der Waals surface area contributed by atoms with Gasteiger partial charge in [-0.2, -0.15) is 17.5 Å². The van der Waals surface area contributed by atoms with Crippen LogP contribution in [0.15, 0.2) is 23.1 Å². The number of benzene rings is 1. The van der Waals surface area contributed by atoms with Gasteiger partial charge in [0.2, 0.25) is 20.0 Å². The molecule has 2 rings (SSSR count). The SMILES string of the molecule is CCN(CC)S(=O)(=O)CCNc1ccc(S(=O)(=O)N2CCC(C(F)(F)F)OC(C)C2)cc1Cl. The Bertz CT molecular complexity index is 1020. The Morgan fingerprint density at radius 2 is 1.85 bits per heavy atom. The summed E-state index contributed by atoms with van der Waals surface area (Å²) in [6, 6.07) is 3.87. The van der Waals surface area contributed by atoms with Crippen LogP contribution in [0.25, 0.3) is 0 Å². The number of rotatable bonds is 9. The van der Waals surface area contributed by atoms with Crippen molar-refractivity contribution in [2.75, 3.05) is 43.8 Å². The summed E-state index contributed by atoms with van der Waals surface area (Å²) in [5.74, 6) is -0.170. The zero-order chi connectivity index (χ0) is 25.0. The van der Waals surface area contributed by atoms with Gasteiger partial charge in [0.25, 0.3) is 0 Å². The van der Waals surface area contributed by atoms with E-state index in [1.54, 1.807) is 13.8 Å². The first kappa shape index (κ1) is 28.1. The average molecular weight is 536 g/mol. The molecule has 1 aromatic carbocycles. The van der Waals surface area contributed by atoms with Crippen LogP contribution in [0.3, 0.4) is 0 Å². The quantitative estimate of drug-likeness (QED) is 0.522. The predicted octanol–water partition coefficient (Wildman–Crippen LogP) is 3.15. The van der Waals surface area contributed by atoms with Crippen LogP contribution in [0.4, 0.5) is 18.9 Å². The van der Waals surface area contributed by atoms with Crippen molar-refractivity contribution in [2.45, 2.75) is 50.5 Å². The molecule has 1 fully saturated rings. The Morgan fingerprint density at radius 3 is 2.39 bits per heavy atom. The molecule has 190 valence electrons. The Balaban J connectivity index is 2.11. The standard InChI is InChI=1S/C19H29ClF3N3O5S2/c1-4-25(5-2)32(27,28)11-9-24-17-7-6-15(12-16(17)20)33(29,30)26-10-8-18(19(21,22)23)31-14(3)13-26/h6-7,12,14,18,24H,4-5,8-11,13H2,1-3H3. The molecule has 0 radical (unpaired) electrons. The summed E-state index contributed by atoms with van der Waals surface area (Å²) < 4.78 is 96.9. The maximum Gasteiger partial charge on any atom is 0.414 e. The van der Waals surface area contributed by atoms with Gasteiger partial charge in [-0.3, -0.25) is 0 Å². The van der Waals surface area contributed by atoms with Gasteiger partial charge in [-0.05, 0) is 31.5 Å². The van der Waals surface area contributed by atoms with E-state index in [1.165, 1.54) is 29.4 Å². The number of nitrogens with zero attached hydrogens (tertiary/aromatic N) is 2. The summed E-state index contributed by atoms with van der Waals surface area (Å²) in [5, 5.41) is 2.92. The first-order valence-electron chi connectivity index (χ1n) is 10.5. The lowest BCUT2D eigenvalue weighted by Crippen LogP contribution is -2.36. The van der Waals surface area contributed by atoms with Gasteiger partial charge in [-0.1, -0.05) is 25.4 Å². The fourth-order valence-corrected chi connectivity index (χ4v) is 6.77. The van der Waals surface area contributed by atoms with Crippen molar-refractivity contribution in [1.29, 1.82) is 0 Å². The molecule has 1 aliphatic rings. The highest BCUT2D eigenvalue weighted by Gasteiger charge is 2.44. The highest BCUT2D eigenvalue weighted by molar-refractivity contribution is 7.89. The molecule has 8 nitrogen and oxygen atoms in total. The third-order valence-corrected chi connectivity index (χ3v) is 9.41. The molecule has 1 N–H and O–H groups in total. The third kappa shape index (κ3) is 7.18.